The van der Waals surface area contributed by atoms with Crippen LogP contribution in [-0.4, -0.2) is 57.2 Å². The highest BCUT2D eigenvalue weighted by Crippen LogP contribution is 2.33. The number of hydrogen-bond acceptors (Lipinski definition) is 6. The van der Waals surface area contributed by atoms with E-state index in [1.165, 1.54) is 18.9 Å². The molecule has 0 spiro atoms. The third kappa shape index (κ3) is 5.53. The first kappa shape index (κ1) is 20.8. The number of pyridine rings is 1. The number of rotatable bonds is 5. The Morgan fingerprint density at radius 1 is 1.29 bits per heavy atom. The highest BCUT2D eigenvalue weighted by molar-refractivity contribution is 5.90. The molecule has 0 unspecified atom stereocenters. The Labute approximate surface area is 167 Å². The molecule has 3 rings (SSSR count). The topological polar surface area (TPSA) is 89.5 Å². The lowest BCUT2D eigenvalue weighted by Gasteiger charge is -2.49. The lowest BCUT2D eigenvalue weighted by atomic mass is 9.79. The van der Waals surface area contributed by atoms with Gasteiger partial charge in [0.15, 0.2) is 0 Å². The van der Waals surface area contributed by atoms with Crippen LogP contribution in [-0.2, 0) is 4.79 Å². The molecule has 1 aromatic heterocycles. The quantitative estimate of drug-likeness (QED) is 0.352. The number of hydrogen-bond donors (Lipinski definition) is 4. The van der Waals surface area contributed by atoms with Crippen LogP contribution >= 0.6 is 0 Å². The van der Waals surface area contributed by atoms with Gasteiger partial charge in [0.1, 0.15) is 5.82 Å². The minimum atomic E-state index is -0.558. The van der Waals surface area contributed by atoms with E-state index in [0.717, 1.165) is 30.9 Å². The summed E-state index contributed by atoms with van der Waals surface area (Å²) in [6, 6.07) is 4.84. The van der Waals surface area contributed by atoms with Crippen LogP contribution in [0.15, 0.2) is 24.4 Å². The zero-order chi connectivity index (χ0) is 20.4. The van der Waals surface area contributed by atoms with E-state index in [4.69, 9.17) is 5.21 Å². The monoisotopic (exact) mass is 387 g/mol. The Hall–Kier alpha value is -1.96. The molecule has 0 aromatic carbocycles. The third-order valence-corrected chi connectivity index (χ3v) is 5.58. The van der Waals surface area contributed by atoms with Crippen molar-refractivity contribution in [3.8, 4) is 0 Å². The van der Waals surface area contributed by atoms with Crippen molar-refractivity contribution in [2.45, 2.75) is 70.1 Å². The number of anilines is 1. The summed E-state index contributed by atoms with van der Waals surface area (Å²) in [6.45, 7) is 11.4. The number of carbonyl (C=O) groups excluding carboxylic acids is 1. The van der Waals surface area contributed by atoms with Crippen molar-refractivity contribution in [1.82, 2.24) is 20.7 Å². The average Bonchev–Trinajstić information content (AvgIpc) is 3.07. The van der Waals surface area contributed by atoms with Crippen LogP contribution in [0.1, 0.15) is 52.5 Å². The van der Waals surface area contributed by atoms with Gasteiger partial charge in [0, 0.05) is 48.5 Å². The molecule has 7 heteroatoms. The molecule has 0 radical (unpaired) electrons. The Bertz CT molecular complexity index is 698. The van der Waals surface area contributed by atoms with Crippen LogP contribution in [0.2, 0.25) is 0 Å². The Morgan fingerprint density at radius 2 is 2.00 bits per heavy atom. The fourth-order valence-electron chi connectivity index (χ4n) is 4.77. The van der Waals surface area contributed by atoms with Crippen LogP contribution in [0.25, 0.3) is 6.08 Å². The molecule has 1 amide bonds. The number of nitrogens with zero attached hydrogens (tertiary/aromatic N) is 2. The average molecular weight is 388 g/mol. The summed E-state index contributed by atoms with van der Waals surface area (Å²) >= 11 is 0. The van der Waals surface area contributed by atoms with Gasteiger partial charge in [-0.05, 0) is 70.7 Å². The molecule has 3 heterocycles. The van der Waals surface area contributed by atoms with Gasteiger partial charge in [-0.3, -0.25) is 14.9 Å². The van der Waals surface area contributed by atoms with E-state index in [1.54, 1.807) is 17.8 Å². The predicted molar refractivity (Wildman–Crippen MR) is 111 cm³/mol. The largest absolute Gasteiger partial charge is 0.366 e. The summed E-state index contributed by atoms with van der Waals surface area (Å²) in [5, 5.41) is 15.8. The smallest absolute Gasteiger partial charge is 0.267 e. The van der Waals surface area contributed by atoms with Gasteiger partial charge in [-0.25, -0.2) is 10.5 Å². The fraction of sp³-hybridized carbons (Fsp3) is 0.619. The number of piperidine rings is 1. The van der Waals surface area contributed by atoms with Gasteiger partial charge in [-0.2, -0.15) is 0 Å². The molecule has 154 valence electrons. The van der Waals surface area contributed by atoms with Crippen molar-refractivity contribution in [3.63, 3.8) is 0 Å². The fourth-order valence-corrected chi connectivity index (χ4v) is 4.77. The highest BCUT2D eigenvalue weighted by Gasteiger charge is 2.41. The lowest BCUT2D eigenvalue weighted by Crippen LogP contribution is -2.62. The lowest BCUT2D eigenvalue weighted by molar-refractivity contribution is -0.124. The summed E-state index contributed by atoms with van der Waals surface area (Å²) in [6.07, 6.45) is 8.05. The highest BCUT2D eigenvalue weighted by atomic mass is 16.5. The van der Waals surface area contributed by atoms with Crippen LogP contribution in [0.5, 0.6) is 0 Å². The van der Waals surface area contributed by atoms with E-state index in [9.17, 15) is 4.79 Å². The van der Waals surface area contributed by atoms with Gasteiger partial charge < -0.3 is 10.6 Å². The molecule has 0 aliphatic carbocycles. The molecule has 1 atom stereocenters. The number of amides is 1. The summed E-state index contributed by atoms with van der Waals surface area (Å²) in [5.74, 6) is 0.291. The molecular weight excluding hydrogens is 354 g/mol. The zero-order valence-electron chi connectivity index (χ0n) is 17.3. The molecule has 2 aliphatic heterocycles. The first-order chi connectivity index (χ1) is 13.2. The van der Waals surface area contributed by atoms with Crippen molar-refractivity contribution >= 4 is 17.8 Å². The van der Waals surface area contributed by atoms with Crippen LogP contribution in [0, 0.1) is 0 Å². The van der Waals surface area contributed by atoms with E-state index in [-0.39, 0.29) is 11.1 Å². The van der Waals surface area contributed by atoms with Crippen molar-refractivity contribution in [3.05, 3.63) is 30.0 Å². The zero-order valence-corrected chi connectivity index (χ0v) is 17.3. The van der Waals surface area contributed by atoms with Gasteiger partial charge >= 0.3 is 0 Å². The molecule has 0 bridgehead atoms. The third-order valence-electron chi connectivity index (χ3n) is 5.58. The van der Waals surface area contributed by atoms with Crippen LogP contribution < -0.4 is 16.1 Å². The van der Waals surface area contributed by atoms with Crippen LogP contribution in [0.4, 0.5) is 5.82 Å². The van der Waals surface area contributed by atoms with Gasteiger partial charge in [-0.1, -0.05) is 0 Å². The molecular formula is C21H33N5O2. The number of likely N-dealkylation sites (tertiary alicyclic amines) is 1. The summed E-state index contributed by atoms with van der Waals surface area (Å²) in [5.41, 5.74) is 2.70. The van der Waals surface area contributed by atoms with E-state index in [2.05, 4.69) is 48.2 Å². The molecule has 0 saturated carbocycles. The second-order valence-corrected chi connectivity index (χ2v) is 9.37. The van der Waals surface area contributed by atoms with Gasteiger partial charge in [0.2, 0.25) is 0 Å². The minimum Gasteiger partial charge on any atom is -0.366 e. The van der Waals surface area contributed by atoms with Gasteiger partial charge in [0.05, 0.1) is 0 Å². The summed E-state index contributed by atoms with van der Waals surface area (Å²) < 4.78 is 0. The normalized spacial score (nSPS) is 25.1. The standard InChI is InChI=1S/C21H33N5O2/c1-20(2)11-17(12-21(3,4)25-20)26-10-9-16(14-26)23-18-7-5-15(13-22-18)6-8-19(27)24-28/h5-8,13,16-17,25,28H,9-12,14H2,1-4H3,(H,22,23)(H,24,27)/b8-6+/t16-/m1/s1. The van der Waals surface area contributed by atoms with Gasteiger partial charge in [-0.15, -0.1) is 0 Å². The van der Waals surface area contributed by atoms with E-state index >= 15 is 0 Å². The van der Waals surface area contributed by atoms with Gasteiger partial charge in [0.25, 0.3) is 5.91 Å². The summed E-state index contributed by atoms with van der Waals surface area (Å²) in [7, 11) is 0. The van der Waals surface area contributed by atoms with E-state index in [1.807, 2.05) is 12.1 Å². The first-order valence-electron chi connectivity index (χ1n) is 10.0. The van der Waals surface area contributed by atoms with Crippen molar-refractivity contribution in [2.75, 3.05) is 18.4 Å². The maximum absolute atomic E-state index is 11.0. The number of nitrogens with one attached hydrogen (secondary N) is 3. The maximum atomic E-state index is 11.0. The molecule has 28 heavy (non-hydrogen) atoms. The number of aromatic nitrogens is 1. The molecule has 1 aromatic rings. The van der Waals surface area contributed by atoms with Crippen molar-refractivity contribution in [2.24, 2.45) is 0 Å². The molecule has 2 saturated heterocycles. The predicted octanol–water partition coefficient (Wildman–Crippen LogP) is 2.40. The molecule has 7 nitrogen and oxygen atoms in total. The number of hydroxylamine groups is 1. The molecule has 2 aliphatic rings. The maximum Gasteiger partial charge on any atom is 0.267 e. The SMILES string of the molecule is CC1(C)CC(N2CC[C@@H](Nc3ccc(/C=C/C(=O)NO)cn3)C2)CC(C)(C)N1. The minimum absolute atomic E-state index is 0.162. The Morgan fingerprint density at radius 3 is 2.61 bits per heavy atom. The van der Waals surface area contributed by atoms with E-state index in [0.29, 0.717) is 12.1 Å². The van der Waals surface area contributed by atoms with Crippen LogP contribution in [0.3, 0.4) is 0 Å². The molecule has 4 N–H and O–H groups in total. The summed E-state index contributed by atoms with van der Waals surface area (Å²) in [4.78, 5) is 18.1. The van der Waals surface area contributed by atoms with Crippen molar-refractivity contribution in [1.29, 1.82) is 0 Å². The second-order valence-electron chi connectivity index (χ2n) is 9.37. The number of carbonyl (C=O) groups is 1. The Balaban J connectivity index is 1.55. The van der Waals surface area contributed by atoms with Crippen molar-refractivity contribution < 1.29 is 10.0 Å². The first-order valence-corrected chi connectivity index (χ1v) is 10.0. The Kier molecular flexibility index (Phi) is 6.07. The second kappa shape index (κ2) is 8.19. The van der Waals surface area contributed by atoms with E-state index < -0.39 is 5.91 Å². The molecule has 2 fully saturated rings.